The van der Waals surface area contributed by atoms with Crippen molar-refractivity contribution >= 4 is 34.9 Å². The van der Waals surface area contributed by atoms with Gasteiger partial charge < -0.3 is 5.32 Å². The van der Waals surface area contributed by atoms with Crippen molar-refractivity contribution in [3.05, 3.63) is 83.2 Å². The van der Waals surface area contributed by atoms with Crippen LogP contribution >= 0.6 is 11.8 Å². The van der Waals surface area contributed by atoms with E-state index in [2.05, 4.69) is 15.3 Å². The lowest BCUT2D eigenvalue weighted by Crippen LogP contribution is -2.24. The van der Waals surface area contributed by atoms with Crippen molar-refractivity contribution in [1.29, 1.82) is 0 Å². The van der Waals surface area contributed by atoms with E-state index in [1.807, 2.05) is 0 Å². The molecule has 1 amide bonds. The number of rotatable bonds is 4. The zero-order valence-corrected chi connectivity index (χ0v) is 14.8. The van der Waals surface area contributed by atoms with E-state index in [4.69, 9.17) is 0 Å². The smallest absolute Gasteiger partial charge is 0.234 e. The second-order valence-corrected chi connectivity index (χ2v) is 6.74. The largest absolute Gasteiger partial charge is 0.325 e. The molecule has 132 valence electrons. The van der Waals surface area contributed by atoms with Crippen molar-refractivity contribution in [3.8, 4) is 0 Å². The fourth-order valence-corrected chi connectivity index (χ4v) is 3.53. The topological polar surface area (TPSA) is 89.0 Å². The zero-order valence-electron chi connectivity index (χ0n) is 14.0. The molecule has 6 nitrogen and oxygen atoms in total. The van der Waals surface area contributed by atoms with Gasteiger partial charge in [0.05, 0.1) is 17.0 Å². The average Bonchev–Trinajstić information content (AvgIpc) is 2.71. The monoisotopic (exact) mass is 375 g/mol. The normalized spacial score (nSPS) is 12.3. The van der Waals surface area contributed by atoms with E-state index in [0.717, 1.165) is 0 Å². The lowest BCUT2D eigenvalue weighted by Gasteiger charge is -2.20. The maximum absolute atomic E-state index is 12.9. The predicted molar refractivity (Wildman–Crippen MR) is 101 cm³/mol. The first-order valence-corrected chi connectivity index (χ1v) is 9.15. The first-order valence-electron chi connectivity index (χ1n) is 8.16. The van der Waals surface area contributed by atoms with E-state index in [-0.39, 0.29) is 28.8 Å². The molecule has 1 aromatic heterocycles. The van der Waals surface area contributed by atoms with Crippen LogP contribution in [0.5, 0.6) is 0 Å². The maximum atomic E-state index is 12.9. The Morgan fingerprint density at radius 3 is 2.26 bits per heavy atom. The van der Waals surface area contributed by atoms with Crippen LogP contribution in [0.1, 0.15) is 31.8 Å². The van der Waals surface area contributed by atoms with Gasteiger partial charge >= 0.3 is 0 Å². The number of fused-ring (bicyclic) bond motifs is 2. The number of anilines is 1. The Bertz CT molecular complexity index is 1070. The molecule has 1 heterocycles. The number of hydrogen-bond acceptors (Lipinski definition) is 6. The van der Waals surface area contributed by atoms with Crippen molar-refractivity contribution in [2.24, 2.45) is 0 Å². The summed E-state index contributed by atoms with van der Waals surface area (Å²) in [5.74, 6) is -0.703. The quantitative estimate of drug-likeness (QED) is 0.436. The molecule has 0 bridgehead atoms. The summed E-state index contributed by atoms with van der Waals surface area (Å²) < 4.78 is 0. The molecule has 0 unspecified atom stereocenters. The van der Waals surface area contributed by atoms with Gasteiger partial charge in [-0.05, 0) is 12.1 Å². The van der Waals surface area contributed by atoms with Gasteiger partial charge in [-0.3, -0.25) is 14.4 Å². The van der Waals surface area contributed by atoms with Crippen molar-refractivity contribution < 1.29 is 14.4 Å². The molecule has 0 atom stereocenters. The van der Waals surface area contributed by atoms with Gasteiger partial charge in [-0.1, -0.05) is 48.2 Å². The first-order chi connectivity index (χ1) is 13.1. The van der Waals surface area contributed by atoms with Crippen LogP contribution in [0.2, 0.25) is 0 Å². The van der Waals surface area contributed by atoms with Crippen molar-refractivity contribution in [2.45, 2.75) is 5.16 Å². The molecule has 1 aliphatic carbocycles. The number of carbonyl (C=O) groups is 3. The van der Waals surface area contributed by atoms with E-state index in [1.165, 1.54) is 11.8 Å². The van der Waals surface area contributed by atoms with E-state index in [0.29, 0.717) is 27.5 Å². The molecule has 4 rings (SSSR count). The summed E-state index contributed by atoms with van der Waals surface area (Å²) in [4.78, 5) is 46.0. The van der Waals surface area contributed by atoms with Gasteiger partial charge in [0.15, 0.2) is 16.7 Å². The summed E-state index contributed by atoms with van der Waals surface area (Å²) >= 11 is 1.19. The molecular formula is C20H13N3O3S. The van der Waals surface area contributed by atoms with Crippen LogP contribution in [0.25, 0.3) is 0 Å². The minimum atomic E-state index is -0.306. The number of nitrogens with zero attached hydrogens (tertiary/aromatic N) is 2. The van der Waals surface area contributed by atoms with E-state index >= 15 is 0 Å². The summed E-state index contributed by atoms with van der Waals surface area (Å²) in [5, 5.41) is 3.22. The van der Waals surface area contributed by atoms with Gasteiger partial charge in [-0.25, -0.2) is 9.97 Å². The lowest BCUT2D eigenvalue weighted by atomic mass is 9.83. The van der Waals surface area contributed by atoms with Crippen molar-refractivity contribution in [3.63, 3.8) is 0 Å². The number of thioether (sulfide) groups is 1. The number of aromatic nitrogens is 2. The molecule has 27 heavy (non-hydrogen) atoms. The standard InChI is InChI=1S/C20H13N3O3S/c24-16(11-27-20-21-9-4-10-22-20)23-15-8-3-7-14-17(15)19(26)13-6-2-1-5-12(13)18(14)25/h1-10H,11H2,(H,23,24). The lowest BCUT2D eigenvalue weighted by molar-refractivity contribution is -0.113. The molecule has 3 aromatic rings. The Balaban J connectivity index is 1.59. The van der Waals surface area contributed by atoms with Gasteiger partial charge in [0.2, 0.25) is 5.91 Å². The average molecular weight is 375 g/mol. The van der Waals surface area contributed by atoms with Crippen molar-refractivity contribution in [1.82, 2.24) is 9.97 Å². The summed E-state index contributed by atoms with van der Waals surface area (Å²) in [6.07, 6.45) is 3.20. The third-order valence-corrected chi connectivity index (χ3v) is 4.98. The molecule has 0 radical (unpaired) electrons. The first kappa shape index (κ1) is 17.1. The van der Waals surface area contributed by atoms with Crippen LogP contribution in [0.3, 0.4) is 0 Å². The number of benzene rings is 2. The highest BCUT2D eigenvalue weighted by Gasteiger charge is 2.31. The minimum Gasteiger partial charge on any atom is -0.325 e. The van der Waals surface area contributed by atoms with Crippen LogP contribution in [0.15, 0.2) is 66.1 Å². The minimum absolute atomic E-state index is 0.0897. The Hall–Kier alpha value is -3.32. The molecule has 0 fully saturated rings. The number of amides is 1. The molecule has 0 saturated carbocycles. The highest BCUT2D eigenvalue weighted by atomic mass is 32.2. The van der Waals surface area contributed by atoms with Crippen LogP contribution in [-0.4, -0.2) is 33.2 Å². The molecule has 1 N–H and O–H groups in total. The van der Waals surface area contributed by atoms with Gasteiger partial charge in [0, 0.05) is 29.1 Å². The van der Waals surface area contributed by atoms with Crippen LogP contribution < -0.4 is 5.32 Å². The number of hydrogen-bond donors (Lipinski definition) is 1. The highest BCUT2D eigenvalue weighted by Crippen LogP contribution is 2.32. The predicted octanol–water partition coefficient (Wildman–Crippen LogP) is 2.98. The molecule has 0 aliphatic heterocycles. The summed E-state index contributed by atoms with van der Waals surface area (Å²) in [6.45, 7) is 0. The van der Waals surface area contributed by atoms with Crippen LogP contribution in [-0.2, 0) is 4.79 Å². The van der Waals surface area contributed by atoms with E-state index < -0.39 is 0 Å². The van der Waals surface area contributed by atoms with E-state index in [9.17, 15) is 14.4 Å². The number of ketones is 2. The SMILES string of the molecule is O=C(CSc1ncccn1)Nc1cccc2c1C(=O)c1ccccc1C2=O. The fraction of sp³-hybridized carbons (Fsp3) is 0.0500. The Kier molecular flexibility index (Phi) is 4.52. The Labute approximate surface area is 159 Å². The van der Waals surface area contributed by atoms with Crippen LogP contribution in [0, 0.1) is 0 Å². The fourth-order valence-electron chi connectivity index (χ4n) is 2.93. The Morgan fingerprint density at radius 1 is 0.852 bits per heavy atom. The van der Waals surface area contributed by atoms with Crippen LogP contribution in [0.4, 0.5) is 5.69 Å². The number of nitrogens with one attached hydrogen (secondary N) is 1. The van der Waals surface area contributed by atoms with Gasteiger partial charge in [0.25, 0.3) is 0 Å². The summed E-state index contributed by atoms with van der Waals surface area (Å²) in [6, 6.07) is 13.3. The third kappa shape index (κ3) is 3.24. The van der Waals surface area contributed by atoms with E-state index in [1.54, 1.807) is 60.9 Å². The molecule has 0 saturated heterocycles. The molecule has 1 aliphatic rings. The van der Waals surface area contributed by atoms with Gasteiger partial charge in [-0.15, -0.1) is 0 Å². The highest BCUT2D eigenvalue weighted by molar-refractivity contribution is 7.99. The molecular weight excluding hydrogens is 362 g/mol. The third-order valence-electron chi connectivity index (χ3n) is 4.10. The molecule has 0 spiro atoms. The zero-order chi connectivity index (χ0) is 18.8. The van der Waals surface area contributed by atoms with Gasteiger partial charge in [-0.2, -0.15) is 0 Å². The molecule has 7 heteroatoms. The molecule has 2 aromatic carbocycles. The second-order valence-electron chi connectivity index (χ2n) is 5.80. The second kappa shape index (κ2) is 7.13. The Morgan fingerprint density at radius 2 is 1.52 bits per heavy atom. The van der Waals surface area contributed by atoms with Gasteiger partial charge in [0.1, 0.15) is 0 Å². The summed E-state index contributed by atoms with van der Waals surface area (Å²) in [5.41, 5.74) is 1.60. The van der Waals surface area contributed by atoms with Crippen molar-refractivity contribution in [2.75, 3.05) is 11.1 Å². The number of carbonyl (C=O) groups excluding carboxylic acids is 3. The summed E-state index contributed by atoms with van der Waals surface area (Å²) in [7, 11) is 0. The maximum Gasteiger partial charge on any atom is 0.234 e.